The zero-order valence-electron chi connectivity index (χ0n) is 13.1. The highest BCUT2D eigenvalue weighted by Crippen LogP contribution is 2.09. The Bertz CT molecular complexity index is 754. The fourth-order valence-corrected chi connectivity index (χ4v) is 1.97. The molecular weight excluding hydrogens is 301 g/mol. The zero-order valence-corrected chi connectivity index (χ0v) is 13.1. The highest BCUT2D eigenvalue weighted by molar-refractivity contribution is 5.94. The second-order valence-corrected chi connectivity index (χ2v) is 5.41. The second-order valence-electron chi connectivity index (χ2n) is 5.41. The van der Waals surface area contributed by atoms with Crippen molar-refractivity contribution in [3.8, 4) is 0 Å². The first kappa shape index (κ1) is 16.8. The number of H-pyrrole nitrogens is 1. The summed E-state index contributed by atoms with van der Waals surface area (Å²) < 4.78 is 12.8. The van der Waals surface area contributed by atoms with Crippen LogP contribution in [0, 0.1) is 12.7 Å². The van der Waals surface area contributed by atoms with Crippen molar-refractivity contribution in [3.05, 3.63) is 63.1 Å². The summed E-state index contributed by atoms with van der Waals surface area (Å²) in [7, 11) is 0. The first-order valence-electron chi connectivity index (χ1n) is 7.16. The van der Waals surface area contributed by atoms with Crippen LogP contribution in [-0.4, -0.2) is 15.9 Å². The number of halogens is 1. The Hall–Kier alpha value is -2.54. The van der Waals surface area contributed by atoms with Crippen LogP contribution < -0.4 is 11.0 Å². The smallest absolute Gasteiger partial charge is 0.282 e. The van der Waals surface area contributed by atoms with Crippen LogP contribution in [0.4, 0.5) is 4.39 Å². The maximum absolute atomic E-state index is 12.8. The Balaban J connectivity index is 2.03. The molecule has 122 valence electrons. The van der Waals surface area contributed by atoms with Gasteiger partial charge in [0.2, 0.25) is 0 Å². The van der Waals surface area contributed by atoms with Crippen molar-refractivity contribution in [1.29, 1.82) is 0 Å². The van der Waals surface area contributed by atoms with E-state index in [-0.39, 0.29) is 23.9 Å². The van der Waals surface area contributed by atoms with Gasteiger partial charge in [0.15, 0.2) is 0 Å². The fourth-order valence-electron chi connectivity index (χ4n) is 1.97. The van der Waals surface area contributed by atoms with E-state index in [1.807, 2.05) is 13.8 Å². The number of carbonyl (C=O) groups is 1. The molecular formula is C16H18FN3O3. The van der Waals surface area contributed by atoms with Crippen molar-refractivity contribution >= 4 is 5.91 Å². The number of hydroxylamine groups is 1. The normalized spacial score (nSPS) is 10.8. The van der Waals surface area contributed by atoms with Gasteiger partial charge in [-0.05, 0) is 24.6 Å². The van der Waals surface area contributed by atoms with E-state index < -0.39 is 11.5 Å². The number of hydrogen-bond acceptors (Lipinski definition) is 4. The Morgan fingerprint density at radius 3 is 2.57 bits per heavy atom. The second kappa shape index (κ2) is 7.15. The molecule has 0 aliphatic carbocycles. The molecule has 0 saturated carbocycles. The van der Waals surface area contributed by atoms with Crippen molar-refractivity contribution < 1.29 is 14.0 Å². The van der Waals surface area contributed by atoms with Gasteiger partial charge < -0.3 is 4.98 Å². The van der Waals surface area contributed by atoms with Crippen LogP contribution in [0.2, 0.25) is 0 Å². The highest BCUT2D eigenvalue weighted by atomic mass is 19.1. The van der Waals surface area contributed by atoms with Crippen LogP contribution in [0.3, 0.4) is 0 Å². The van der Waals surface area contributed by atoms with Gasteiger partial charge in [-0.15, -0.1) is 0 Å². The third-order valence-electron chi connectivity index (χ3n) is 3.21. The minimum atomic E-state index is -0.673. The molecule has 0 unspecified atom stereocenters. The molecule has 0 atom stereocenters. The van der Waals surface area contributed by atoms with Gasteiger partial charge >= 0.3 is 0 Å². The van der Waals surface area contributed by atoms with Crippen LogP contribution in [0.25, 0.3) is 0 Å². The lowest BCUT2D eigenvalue weighted by atomic mass is 10.1. The molecule has 1 aromatic carbocycles. The number of rotatable bonds is 5. The standard InChI is InChI=1S/C16H18FN3O3/c1-9(2)14-18-10(3)13(15(21)19-14)16(22)20-23-8-11-4-6-12(17)7-5-11/h4-7,9H,8H2,1-3H3,(H,20,22)(H,18,19,21). The molecule has 0 spiro atoms. The first-order valence-corrected chi connectivity index (χ1v) is 7.16. The summed E-state index contributed by atoms with van der Waals surface area (Å²) in [5.74, 6) is -0.450. The van der Waals surface area contributed by atoms with E-state index in [0.29, 0.717) is 17.1 Å². The summed E-state index contributed by atoms with van der Waals surface area (Å²) in [6.45, 7) is 5.43. The molecule has 2 aromatic rings. The molecule has 1 aromatic heterocycles. The number of nitrogens with zero attached hydrogens (tertiary/aromatic N) is 1. The largest absolute Gasteiger partial charge is 0.310 e. The molecule has 0 saturated heterocycles. The van der Waals surface area contributed by atoms with Crippen LogP contribution in [-0.2, 0) is 11.4 Å². The minimum absolute atomic E-state index is 0.0493. The quantitative estimate of drug-likeness (QED) is 0.828. The average Bonchev–Trinajstić information content (AvgIpc) is 2.48. The summed E-state index contributed by atoms with van der Waals surface area (Å²) >= 11 is 0. The van der Waals surface area contributed by atoms with E-state index in [9.17, 15) is 14.0 Å². The van der Waals surface area contributed by atoms with Gasteiger partial charge in [-0.2, -0.15) is 0 Å². The van der Waals surface area contributed by atoms with Gasteiger partial charge in [0.1, 0.15) is 17.2 Å². The van der Waals surface area contributed by atoms with Crippen LogP contribution in [0.5, 0.6) is 0 Å². The van der Waals surface area contributed by atoms with Crippen molar-refractivity contribution in [2.24, 2.45) is 0 Å². The van der Waals surface area contributed by atoms with Gasteiger partial charge in [-0.1, -0.05) is 26.0 Å². The minimum Gasteiger partial charge on any atom is -0.310 e. The fraction of sp³-hybridized carbons (Fsp3) is 0.312. The predicted octanol–water partition coefficient (Wildman–Crippen LogP) is 2.20. The Labute approximate surface area is 132 Å². The lowest BCUT2D eigenvalue weighted by molar-refractivity contribution is 0.0231. The molecule has 23 heavy (non-hydrogen) atoms. The molecule has 6 nitrogen and oxygen atoms in total. The number of carbonyl (C=O) groups excluding carboxylic acids is 1. The van der Waals surface area contributed by atoms with Crippen molar-refractivity contribution in [2.45, 2.75) is 33.3 Å². The Morgan fingerprint density at radius 2 is 2.00 bits per heavy atom. The molecule has 0 radical (unpaired) electrons. The summed E-state index contributed by atoms with van der Waals surface area (Å²) in [5.41, 5.74) is 2.62. The number of hydrogen-bond donors (Lipinski definition) is 2. The van der Waals surface area contributed by atoms with E-state index >= 15 is 0 Å². The lowest BCUT2D eigenvalue weighted by Crippen LogP contribution is -2.32. The molecule has 0 aliphatic rings. The highest BCUT2D eigenvalue weighted by Gasteiger charge is 2.17. The molecule has 2 rings (SSSR count). The van der Waals surface area contributed by atoms with Gasteiger partial charge in [0, 0.05) is 5.92 Å². The van der Waals surface area contributed by atoms with Crippen LogP contribution >= 0.6 is 0 Å². The molecule has 1 heterocycles. The maximum atomic E-state index is 12.8. The van der Waals surface area contributed by atoms with E-state index in [4.69, 9.17) is 4.84 Å². The van der Waals surface area contributed by atoms with Crippen LogP contribution in [0.1, 0.15) is 47.2 Å². The Kier molecular flexibility index (Phi) is 5.23. The summed E-state index contributed by atoms with van der Waals surface area (Å²) in [6.07, 6.45) is 0. The van der Waals surface area contributed by atoms with Gasteiger partial charge in [-0.25, -0.2) is 14.9 Å². The maximum Gasteiger partial charge on any atom is 0.282 e. The summed E-state index contributed by atoms with van der Waals surface area (Å²) in [4.78, 5) is 35.9. The zero-order chi connectivity index (χ0) is 17.0. The lowest BCUT2D eigenvalue weighted by Gasteiger charge is -2.10. The van der Waals surface area contributed by atoms with Crippen molar-refractivity contribution in [2.75, 3.05) is 0 Å². The number of nitrogens with one attached hydrogen (secondary N) is 2. The number of aryl methyl sites for hydroxylation is 1. The first-order chi connectivity index (χ1) is 10.9. The predicted molar refractivity (Wildman–Crippen MR) is 82.3 cm³/mol. The summed E-state index contributed by atoms with van der Waals surface area (Å²) in [5, 5.41) is 0. The van der Waals surface area contributed by atoms with E-state index in [0.717, 1.165) is 0 Å². The number of benzene rings is 1. The molecule has 7 heteroatoms. The molecule has 2 N–H and O–H groups in total. The summed E-state index contributed by atoms with van der Waals surface area (Å²) in [6, 6.07) is 5.67. The molecule has 0 aliphatic heterocycles. The van der Waals surface area contributed by atoms with E-state index in [2.05, 4.69) is 15.4 Å². The van der Waals surface area contributed by atoms with Gasteiger partial charge in [0.25, 0.3) is 11.5 Å². The third-order valence-corrected chi connectivity index (χ3v) is 3.21. The van der Waals surface area contributed by atoms with Crippen LogP contribution in [0.15, 0.2) is 29.1 Å². The Morgan fingerprint density at radius 1 is 1.35 bits per heavy atom. The average molecular weight is 319 g/mol. The molecule has 0 bridgehead atoms. The number of aromatic nitrogens is 2. The van der Waals surface area contributed by atoms with Crippen molar-refractivity contribution in [3.63, 3.8) is 0 Å². The van der Waals surface area contributed by atoms with Crippen molar-refractivity contribution in [1.82, 2.24) is 15.4 Å². The SMILES string of the molecule is Cc1nc(C(C)C)[nH]c(=O)c1C(=O)NOCc1ccc(F)cc1. The van der Waals surface area contributed by atoms with Gasteiger partial charge in [-0.3, -0.25) is 14.4 Å². The van der Waals surface area contributed by atoms with Gasteiger partial charge in [0.05, 0.1) is 12.3 Å². The van der Waals surface area contributed by atoms with E-state index in [1.54, 1.807) is 19.1 Å². The number of amides is 1. The number of aromatic amines is 1. The third kappa shape index (κ3) is 4.23. The molecule has 0 fully saturated rings. The monoisotopic (exact) mass is 319 g/mol. The topological polar surface area (TPSA) is 84.1 Å². The van der Waals surface area contributed by atoms with E-state index in [1.165, 1.54) is 12.1 Å². The molecule has 1 amide bonds.